The van der Waals surface area contributed by atoms with E-state index in [2.05, 4.69) is 4.99 Å². The van der Waals surface area contributed by atoms with Crippen molar-refractivity contribution in [3.8, 4) is 5.75 Å². The van der Waals surface area contributed by atoms with Crippen LogP contribution in [0.15, 0.2) is 59.2 Å². The van der Waals surface area contributed by atoms with Crippen LogP contribution in [0.25, 0.3) is 6.08 Å². The van der Waals surface area contributed by atoms with Gasteiger partial charge in [0.25, 0.3) is 0 Å². The van der Waals surface area contributed by atoms with E-state index in [1.165, 1.54) is 0 Å². The molecule has 0 unspecified atom stereocenters. The number of halogens is 1. The number of nitrogens with zero attached hydrogens (tertiary/aromatic N) is 1. The van der Waals surface area contributed by atoms with E-state index >= 15 is 0 Å². The Bertz CT molecular complexity index is 794. The van der Waals surface area contributed by atoms with Crippen molar-refractivity contribution in [1.82, 2.24) is 0 Å². The van der Waals surface area contributed by atoms with Crippen molar-refractivity contribution < 1.29 is 14.3 Å². The number of esters is 1. The molecule has 0 spiro atoms. The maximum absolute atomic E-state index is 12.0. The predicted octanol–water partition coefficient (Wildman–Crippen LogP) is 4.08. The van der Waals surface area contributed by atoms with Crippen LogP contribution >= 0.6 is 11.6 Å². The minimum Gasteiger partial charge on any atom is -0.494 e. The zero-order valence-electron chi connectivity index (χ0n) is 12.5. The van der Waals surface area contributed by atoms with Crippen molar-refractivity contribution in [3.05, 3.63) is 70.4 Å². The number of ether oxygens (including phenoxy) is 2. The lowest BCUT2D eigenvalue weighted by atomic mass is 10.2. The highest BCUT2D eigenvalue weighted by atomic mass is 35.5. The van der Waals surface area contributed by atoms with E-state index in [-0.39, 0.29) is 11.6 Å². The maximum atomic E-state index is 12.0. The van der Waals surface area contributed by atoms with E-state index in [0.717, 1.165) is 11.3 Å². The van der Waals surface area contributed by atoms with E-state index in [4.69, 9.17) is 21.1 Å². The number of hydrogen-bond acceptors (Lipinski definition) is 4. The van der Waals surface area contributed by atoms with Crippen molar-refractivity contribution in [2.24, 2.45) is 4.99 Å². The Balaban J connectivity index is 1.88. The second kappa shape index (κ2) is 6.67. The molecule has 1 aliphatic heterocycles. The van der Waals surface area contributed by atoms with Crippen LogP contribution in [0.3, 0.4) is 0 Å². The van der Waals surface area contributed by atoms with Gasteiger partial charge in [0, 0.05) is 10.6 Å². The summed E-state index contributed by atoms with van der Waals surface area (Å²) in [6.07, 6.45) is 1.67. The molecule has 0 bridgehead atoms. The Kier molecular flexibility index (Phi) is 4.44. The van der Waals surface area contributed by atoms with Gasteiger partial charge >= 0.3 is 5.97 Å². The van der Waals surface area contributed by atoms with Crippen LogP contribution in [-0.4, -0.2) is 18.5 Å². The minimum atomic E-state index is -0.475. The molecule has 0 saturated carbocycles. The molecule has 0 amide bonds. The van der Waals surface area contributed by atoms with Gasteiger partial charge in [0.15, 0.2) is 5.70 Å². The van der Waals surface area contributed by atoms with Crippen LogP contribution < -0.4 is 4.74 Å². The molecule has 1 heterocycles. The second-order valence-corrected chi connectivity index (χ2v) is 5.28. The van der Waals surface area contributed by atoms with E-state index in [9.17, 15) is 4.79 Å². The molecule has 0 N–H and O–H groups in total. The lowest BCUT2D eigenvalue weighted by molar-refractivity contribution is -0.129. The fraction of sp³-hybridized carbons (Fsp3) is 0.111. The molecular weight excluding hydrogens is 314 g/mol. The molecular formula is C18H14ClNO3. The average Bonchev–Trinajstić information content (AvgIpc) is 2.90. The molecule has 2 aromatic carbocycles. The minimum absolute atomic E-state index is 0.253. The summed E-state index contributed by atoms with van der Waals surface area (Å²) in [5.74, 6) is 0.547. The van der Waals surface area contributed by atoms with Gasteiger partial charge in [-0.3, -0.25) is 0 Å². The van der Waals surface area contributed by atoms with E-state index in [1.807, 2.05) is 31.2 Å². The summed E-state index contributed by atoms with van der Waals surface area (Å²) in [6.45, 7) is 2.50. The molecule has 0 fully saturated rings. The van der Waals surface area contributed by atoms with Crippen LogP contribution in [0, 0.1) is 0 Å². The van der Waals surface area contributed by atoms with Gasteiger partial charge in [-0.2, -0.15) is 0 Å². The third-order valence-electron chi connectivity index (χ3n) is 3.18. The highest BCUT2D eigenvalue weighted by molar-refractivity contribution is 6.30. The molecule has 0 aliphatic carbocycles. The Morgan fingerprint density at radius 1 is 1.22 bits per heavy atom. The SMILES string of the molecule is CCOc1cccc(/C=C2/N=C(c3ccc(Cl)cc3)OC2=O)c1. The van der Waals surface area contributed by atoms with Crippen LogP contribution in [0.1, 0.15) is 18.1 Å². The van der Waals surface area contributed by atoms with Crippen molar-refractivity contribution in [1.29, 1.82) is 0 Å². The third kappa shape index (κ3) is 3.60. The van der Waals surface area contributed by atoms with Crippen LogP contribution in [0.2, 0.25) is 5.02 Å². The smallest absolute Gasteiger partial charge is 0.363 e. The van der Waals surface area contributed by atoms with Gasteiger partial charge in [-0.1, -0.05) is 23.7 Å². The summed E-state index contributed by atoms with van der Waals surface area (Å²) in [5, 5.41) is 0.613. The van der Waals surface area contributed by atoms with Crippen LogP contribution in [-0.2, 0) is 9.53 Å². The van der Waals surface area contributed by atoms with Gasteiger partial charge in [-0.25, -0.2) is 9.79 Å². The summed E-state index contributed by atoms with van der Waals surface area (Å²) < 4.78 is 10.7. The van der Waals surface area contributed by atoms with Gasteiger partial charge in [-0.15, -0.1) is 0 Å². The van der Waals surface area contributed by atoms with Crippen LogP contribution in [0.5, 0.6) is 5.75 Å². The molecule has 0 saturated heterocycles. The van der Waals surface area contributed by atoms with Gasteiger partial charge in [0.2, 0.25) is 5.90 Å². The Morgan fingerprint density at radius 2 is 2.00 bits per heavy atom. The number of benzene rings is 2. The zero-order chi connectivity index (χ0) is 16.2. The number of aliphatic imine (C=N–C) groups is 1. The number of hydrogen-bond donors (Lipinski definition) is 0. The second-order valence-electron chi connectivity index (χ2n) is 4.85. The summed E-state index contributed by atoms with van der Waals surface area (Å²) in [7, 11) is 0. The standard InChI is InChI=1S/C18H14ClNO3/c1-2-22-15-5-3-4-12(10-15)11-16-18(21)23-17(20-16)13-6-8-14(19)9-7-13/h3-11H,2H2,1H3/b16-11+. The molecule has 0 atom stereocenters. The molecule has 0 aromatic heterocycles. The summed E-state index contributed by atoms with van der Waals surface area (Å²) in [6, 6.07) is 14.4. The molecule has 23 heavy (non-hydrogen) atoms. The van der Waals surface area contributed by atoms with E-state index in [0.29, 0.717) is 17.2 Å². The monoisotopic (exact) mass is 327 g/mol. The first kappa shape index (κ1) is 15.3. The summed E-state index contributed by atoms with van der Waals surface area (Å²) >= 11 is 5.85. The predicted molar refractivity (Wildman–Crippen MR) is 89.7 cm³/mol. The van der Waals surface area contributed by atoms with E-state index < -0.39 is 5.97 Å². The lowest BCUT2D eigenvalue weighted by Gasteiger charge is -2.03. The first-order valence-corrected chi connectivity index (χ1v) is 7.55. The quantitative estimate of drug-likeness (QED) is 0.628. The number of rotatable bonds is 4. The fourth-order valence-electron chi connectivity index (χ4n) is 2.14. The van der Waals surface area contributed by atoms with Crippen molar-refractivity contribution >= 4 is 29.5 Å². The average molecular weight is 328 g/mol. The van der Waals surface area contributed by atoms with Crippen molar-refractivity contribution in [2.45, 2.75) is 6.92 Å². The normalized spacial score (nSPS) is 15.5. The van der Waals surface area contributed by atoms with Crippen molar-refractivity contribution in [2.75, 3.05) is 6.61 Å². The molecule has 4 nitrogen and oxygen atoms in total. The van der Waals surface area contributed by atoms with Gasteiger partial charge in [0.05, 0.1) is 6.61 Å². The molecule has 2 aromatic rings. The fourth-order valence-corrected chi connectivity index (χ4v) is 2.27. The van der Waals surface area contributed by atoms with Gasteiger partial charge < -0.3 is 9.47 Å². The maximum Gasteiger partial charge on any atom is 0.363 e. The first-order chi connectivity index (χ1) is 11.2. The Hall–Kier alpha value is -2.59. The summed E-state index contributed by atoms with van der Waals surface area (Å²) in [4.78, 5) is 16.2. The first-order valence-electron chi connectivity index (χ1n) is 7.17. The highest BCUT2D eigenvalue weighted by Gasteiger charge is 2.24. The largest absolute Gasteiger partial charge is 0.494 e. The molecule has 3 rings (SSSR count). The van der Waals surface area contributed by atoms with Crippen LogP contribution in [0.4, 0.5) is 0 Å². The topological polar surface area (TPSA) is 47.9 Å². The zero-order valence-corrected chi connectivity index (χ0v) is 13.2. The Morgan fingerprint density at radius 3 is 2.74 bits per heavy atom. The van der Waals surface area contributed by atoms with Crippen molar-refractivity contribution in [3.63, 3.8) is 0 Å². The molecule has 5 heteroatoms. The summed E-state index contributed by atoms with van der Waals surface area (Å²) in [5.41, 5.74) is 1.78. The Labute approximate surface area is 139 Å². The number of carbonyl (C=O) groups excluding carboxylic acids is 1. The molecule has 116 valence electrons. The number of cyclic esters (lactones) is 1. The number of carbonyl (C=O) groups is 1. The van der Waals surface area contributed by atoms with E-state index in [1.54, 1.807) is 30.3 Å². The van der Waals surface area contributed by atoms with Gasteiger partial charge in [-0.05, 0) is 55.0 Å². The highest BCUT2D eigenvalue weighted by Crippen LogP contribution is 2.22. The van der Waals surface area contributed by atoms with Gasteiger partial charge in [0.1, 0.15) is 5.75 Å². The molecule has 0 radical (unpaired) electrons. The lowest BCUT2D eigenvalue weighted by Crippen LogP contribution is -2.05. The molecule has 1 aliphatic rings. The third-order valence-corrected chi connectivity index (χ3v) is 3.44.